The largest absolute Gasteiger partial charge is 0.340 e. The van der Waals surface area contributed by atoms with Gasteiger partial charge in [0.15, 0.2) is 0 Å². The fourth-order valence-corrected chi connectivity index (χ4v) is 3.82. The summed E-state index contributed by atoms with van der Waals surface area (Å²) in [7, 11) is 0. The number of thiophene rings is 1. The Balaban J connectivity index is 1.57. The summed E-state index contributed by atoms with van der Waals surface area (Å²) in [4.78, 5) is 28.8. The van der Waals surface area contributed by atoms with Crippen LogP contribution in [0.15, 0.2) is 16.8 Å². The summed E-state index contributed by atoms with van der Waals surface area (Å²) in [6.45, 7) is 3.70. The van der Waals surface area contributed by atoms with Crippen molar-refractivity contribution in [2.24, 2.45) is 0 Å². The van der Waals surface area contributed by atoms with Gasteiger partial charge in [0.1, 0.15) is 0 Å². The van der Waals surface area contributed by atoms with Crippen molar-refractivity contribution in [1.82, 2.24) is 15.1 Å². The molecule has 120 valence electrons. The lowest BCUT2D eigenvalue weighted by molar-refractivity contribution is -0.133. The van der Waals surface area contributed by atoms with Crippen LogP contribution in [0, 0.1) is 0 Å². The highest BCUT2D eigenvalue weighted by atomic mass is 32.1. The highest BCUT2D eigenvalue weighted by Gasteiger charge is 2.28. The summed E-state index contributed by atoms with van der Waals surface area (Å²) in [5, 5.41) is 7.14. The highest BCUT2D eigenvalue weighted by molar-refractivity contribution is 7.08. The van der Waals surface area contributed by atoms with E-state index < -0.39 is 0 Å². The van der Waals surface area contributed by atoms with Gasteiger partial charge in [0, 0.05) is 31.6 Å². The third kappa shape index (κ3) is 3.50. The predicted octanol–water partition coefficient (Wildman–Crippen LogP) is 1.56. The molecule has 0 bridgehead atoms. The number of amides is 2. The van der Waals surface area contributed by atoms with Gasteiger partial charge in [0.05, 0.1) is 11.6 Å². The molecular weight excluding hydrogens is 298 g/mol. The molecule has 6 heteroatoms. The van der Waals surface area contributed by atoms with Gasteiger partial charge in [-0.05, 0) is 37.3 Å². The molecular formula is C16H23N3O2S. The van der Waals surface area contributed by atoms with Gasteiger partial charge in [-0.3, -0.25) is 9.59 Å². The van der Waals surface area contributed by atoms with Gasteiger partial charge >= 0.3 is 0 Å². The van der Waals surface area contributed by atoms with E-state index in [9.17, 15) is 9.59 Å². The van der Waals surface area contributed by atoms with Crippen LogP contribution >= 0.6 is 11.3 Å². The van der Waals surface area contributed by atoms with Crippen LogP contribution in [0.4, 0.5) is 0 Å². The van der Waals surface area contributed by atoms with E-state index >= 15 is 0 Å². The monoisotopic (exact) mass is 321 g/mol. The lowest BCUT2D eigenvalue weighted by Gasteiger charge is -2.29. The molecule has 0 radical (unpaired) electrons. The molecule has 1 N–H and O–H groups in total. The Hall–Kier alpha value is -1.40. The molecule has 0 spiro atoms. The van der Waals surface area contributed by atoms with E-state index in [4.69, 9.17) is 0 Å². The van der Waals surface area contributed by atoms with Gasteiger partial charge in [0.2, 0.25) is 5.91 Å². The van der Waals surface area contributed by atoms with Crippen molar-refractivity contribution in [2.45, 2.75) is 31.7 Å². The molecule has 2 saturated heterocycles. The number of nitrogens with zero attached hydrogens (tertiary/aromatic N) is 2. The summed E-state index contributed by atoms with van der Waals surface area (Å²) in [5.41, 5.74) is 0.763. The molecule has 3 rings (SSSR count). The zero-order chi connectivity index (χ0) is 15.4. The topological polar surface area (TPSA) is 52.7 Å². The Morgan fingerprint density at radius 3 is 2.64 bits per heavy atom. The summed E-state index contributed by atoms with van der Waals surface area (Å²) in [6.07, 6.45) is 4.08. The Morgan fingerprint density at radius 2 is 1.91 bits per heavy atom. The van der Waals surface area contributed by atoms with E-state index in [0.29, 0.717) is 13.1 Å². The van der Waals surface area contributed by atoms with Crippen molar-refractivity contribution < 1.29 is 9.59 Å². The van der Waals surface area contributed by atoms with Crippen LogP contribution in [0.5, 0.6) is 0 Å². The molecule has 1 aromatic heterocycles. The molecule has 5 nitrogen and oxygen atoms in total. The second-order valence-corrected chi connectivity index (χ2v) is 6.77. The average molecular weight is 321 g/mol. The van der Waals surface area contributed by atoms with Crippen LogP contribution in [0.25, 0.3) is 0 Å². The van der Waals surface area contributed by atoms with E-state index in [1.165, 1.54) is 0 Å². The molecule has 0 aliphatic carbocycles. The van der Waals surface area contributed by atoms with Crippen molar-refractivity contribution in [1.29, 1.82) is 0 Å². The number of piperidine rings is 1. The maximum absolute atomic E-state index is 12.6. The third-order valence-corrected chi connectivity index (χ3v) is 5.15. The number of carbonyl (C=O) groups excluding carboxylic acids is 2. The van der Waals surface area contributed by atoms with Crippen LogP contribution in [-0.4, -0.2) is 60.4 Å². The van der Waals surface area contributed by atoms with E-state index in [1.54, 1.807) is 11.3 Å². The first-order valence-electron chi connectivity index (χ1n) is 8.09. The molecule has 0 saturated carbocycles. The van der Waals surface area contributed by atoms with E-state index in [0.717, 1.165) is 50.9 Å². The first kappa shape index (κ1) is 15.5. The van der Waals surface area contributed by atoms with Gasteiger partial charge < -0.3 is 15.1 Å². The van der Waals surface area contributed by atoms with Crippen LogP contribution in [0.2, 0.25) is 0 Å². The quantitative estimate of drug-likeness (QED) is 0.899. The van der Waals surface area contributed by atoms with E-state index in [-0.39, 0.29) is 17.9 Å². The number of carbonyl (C=O) groups is 2. The molecule has 2 aliphatic heterocycles. The molecule has 3 heterocycles. The Morgan fingerprint density at radius 1 is 1.09 bits per heavy atom. The molecule has 2 amide bonds. The third-order valence-electron chi connectivity index (χ3n) is 4.47. The summed E-state index contributed by atoms with van der Waals surface area (Å²) < 4.78 is 0. The minimum atomic E-state index is -0.0205. The zero-order valence-electron chi connectivity index (χ0n) is 12.8. The summed E-state index contributed by atoms with van der Waals surface area (Å²) >= 11 is 1.54. The zero-order valence-corrected chi connectivity index (χ0v) is 13.6. The standard InChI is InChI=1S/C16H23N3O2S/c20-15(13-5-11-22-12-13)18-7-3-8-19(10-9-18)16(21)14-4-1-2-6-17-14/h5,11-12,14,17H,1-4,6-10H2. The van der Waals surface area contributed by atoms with E-state index in [1.807, 2.05) is 26.6 Å². The number of hydrogen-bond donors (Lipinski definition) is 1. The first-order valence-corrected chi connectivity index (χ1v) is 9.03. The maximum Gasteiger partial charge on any atom is 0.254 e. The number of nitrogens with one attached hydrogen (secondary N) is 1. The van der Waals surface area contributed by atoms with Crippen molar-refractivity contribution >= 4 is 23.2 Å². The predicted molar refractivity (Wildman–Crippen MR) is 87.1 cm³/mol. The Kier molecular flexibility index (Phi) is 5.10. The van der Waals surface area contributed by atoms with Crippen LogP contribution in [-0.2, 0) is 4.79 Å². The van der Waals surface area contributed by atoms with Gasteiger partial charge in [-0.15, -0.1) is 0 Å². The normalized spacial score (nSPS) is 23.2. The average Bonchev–Trinajstić information content (AvgIpc) is 2.99. The highest BCUT2D eigenvalue weighted by Crippen LogP contribution is 2.14. The minimum Gasteiger partial charge on any atom is -0.340 e. The van der Waals surface area contributed by atoms with Crippen molar-refractivity contribution in [3.63, 3.8) is 0 Å². The SMILES string of the molecule is O=C(c1ccsc1)N1CCCN(C(=O)C2CCCCN2)CC1. The smallest absolute Gasteiger partial charge is 0.254 e. The fourth-order valence-electron chi connectivity index (χ4n) is 3.19. The lowest BCUT2D eigenvalue weighted by Crippen LogP contribution is -2.49. The van der Waals surface area contributed by atoms with Crippen LogP contribution in [0.3, 0.4) is 0 Å². The van der Waals surface area contributed by atoms with Crippen LogP contribution in [0.1, 0.15) is 36.0 Å². The molecule has 22 heavy (non-hydrogen) atoms. The Bertz CT molecular complexity index is 511. The summed E-state index contributed by atoms with van der Waals surface area (Å²) in [5.74, 6) is 0.302. The molecule has 2 fully saturated rings. The van der Waals surface area contributed by atoms with Crippen molar-refractivity contribution in [3.05, 3.63) is 22.4 Å². The number of rotatable bonds is 2. The fraction of sp³-hybridized carbons (Fsp3) is 0.625. The maximum atomic E-state index is 12.6. The molecule has 2 aliphatic rings. The molecule has 1 aromatic rings. The second kappa shape index (κ2) is 7.24. The number of hydrogen-bond acceptors (Lipinski definition) is 4. The molecule has 1 atom stereocenters. The van der Waals surface area contributed by atoms with Gasteiger partial charge in [-0.25, -0.2) is 0 Å². The van der Waals surface area contributed by atoms with Crippen molar-refractivity contribution in [2.75, 3.05) is 32.7 Å². The Labute approximate surface area is 135 Å². The van der Waals surface area contributed by atoms with Crippen LogP contribution < -0.4 is 5.32 Å². The molecule has 0 aromatic carbocycles. The molecule has 1 unspecified atom stereocenters. The van der Waals surface area contributed by atoms with Gasteiger partial charge in [-0.2, -0.15) is 11.3 Å². The first-order chi connectivity index (χ1) is 10.8. The minimum absolute atomic E-state index is 0.0205. The lowest BCUT2D eigenvalue weighted by atomic mass is 10.0. The van der Waals surface area contributed by atoms with Gasteiger partial charge in [-0.1, -0.05) is 6.42 Å². The summed E-state index contributed by atoms with van der Waals surface area (Å²) in [6, 6.07) is 1.85. The second-order valence-electron chi connectivity index (χ2n) is 5.99. The van der Waals surface area contributed by atoms with Crippen molar-refractivity contribution in [3.8, 4) is 0 Å². The van der Waals surface area contributed by atoms with E-state index in [2.05, 4.69) is 5.32 Å². The van der Waals surface area contributed by atoms with Gasteiger partial charge in [0.25, 0.3) is 5.91 Å².